The van der Waals surface area contributed by atoms with Crippen molar-refractivity contribution in [2.45, 2.75) is 13.8 Å². The molecule has 0 aromatic carbocycles. The van der Waals surface area contributed by atoms with Gasteiger partial charge in [-0.2, -0.15) is 15.0 Å². The molecule has 0 atom stereocenters. The molecular formula is C21H23N11O2. The molecule has 0 spiro atoms. The van der Waals surface area contributed by atoms with Crippen molar-refractivity contribution in [3.63, 3.8) is 0 Å². The topological polar surface area (TPSA) is 158 Å². The molecule has 4 aromatic heterocycles. The predicted octanol–water partition coefficient (Wildman–Crippen LogP) is 1.93. The summed E-state index contributed by atoms with van der Waals surface area (Å²) in [4.78, 5) is 27.0. The zero-order valence-corrected chi connectivity index (χ0v) is 18.8. The summed E-state index contributed by atoms with van der Waals surface area (Å²) in [6, 6.07) is 4.89. The first-order valence-corrected chi connectivity index (χ1v) is 9.98. The Morgan fingerprint density at radius 1 is 1.15 bits per heavy atom. The van der Waals surface area contributed by atoms with Crippen molar-refractivity contribution < 1.29 is 13.6 Å². The zero-order chi connectivity index (χ0) is 26.7. The molecule has 0 aliphatic carbocycles. The van der Waals surface area contributed by atoms with Crippen molar-refractivity contribution in [1.82, 2.24) is 45.5 Å². The minimum Gasteiger partial charge on any atom is -0.492 e. The molecule has 3 N–H and O–H groups in total. The number of pyridine rings is 1. The van der Waals surface area contributed by atoms with Crippen molar-refractivity contribution in [2.24, 2.45) is 7.05 Å². The number of anilines is 4. The van der Waals surface area contributed by atoms with Crippen LogP contribution in [0, 0.1) is 13.8 Å². The molecular weight excluding hydrogens is 438 g/mol. The van der Waals surface area contributed by atoms with E-state index in [1.165, 1.54) is 24.2 Å². The van der Waals surface area contributed by atoms with Crippen LogP contribution in [-0.4, -0.2) is 60.1 Å². The lowest BCUT2D eigenvalue weighted by atomic mass is 10.2. The number of carbonyl (C=O) groups is 1. The van der Waals surface area contributed by atoms with Crippen LogP contribution in [0.25, 0.3) is 11.3 Å². The summed E-state index contributed by atoms with van der Waals surface area (Å²) in [6.45, 7) is 0.842. The lowest BCUT2D eigenvalue weighted by molar-refractivity contribution is 0.0958. The molecule has 4 heterocycles. The first kappa shape index (κ1) is 18.8. The number of nitrogens with zero attached hydrogens (tertiary/aromatic N) is 8. The first-order valence-electron chi connectivity index (χ1n) is 11.5. The molecule has 13 heteroatoms. The molecule has 0 radical (unpaired) electrons. The normalized spacial score (nSPS) is 12.3. The van der Waals surface area contributed by atoms with Gasteiger partial charge in [-0.3, -0.25) is 4.79 Å². The molecule has 4 aromatic rings. The Hall–Kier alpha value is -4.68. The van der Waals surface area contributed by atoms with Gasteiger partial charge in [0, 0.05) is 42.2 Å². The SMILES string of the molecule is [2H]C([2H])([2H])NC(=O)c1nnc(Nc2cc(C)nc(C)n2)cc1Nc1nccc(-c2cnn(C)n2)c1OC. The van der Waals surface area contributed by atoms with Gasteiger partial charge < -0.3 is 20.7 Å². The summed E-state index contributed by atoms with van der Waals surface area (Å²) in [5, 5.41) is 24.3. The zero-order valence-electron chi connectivity index (χ0n) is 21.8. The highest BCUT2D eigenvalue weighted by Gasteiger charge is 2.19. The molecule has 0 saturated heterocycles. The molecule has 0 aliphatic heterocycles. The molecule has 1 amide bonds. The number of ether oxygens (including phenoxy) is 1. The number of amides is 1. The summed E-state index contributed by atoms with van der Waals surface area (Å²) < 4.78 is 27.7. The number of hydrogen-bond donors (Lipinski definition) is 3. The van der Waals surface area contributed by atoms with Gasteiger partial charge in [0.25, 0.3) is 5.91 Å². The Balaban J connectivity index is 1.76. The van der Waals surface area contributed by atoms with Crippen LogP contribution in [0.3, 0.4) is 0 Å². The van der Waals surface area contributed by atoms with Gasteiger partial charge in [0.1, 0.15) is 17.3 Å². The molecule has 0 unspecified atom stereocenters. The van der Waals surface area contributed by atoms with Gasteiger partial charge in [-0.15, -0.1) is 10.2 Å². The summed E-state index contributed by atoms with van der Waals surface area (Å²) in [5.74, 6) is 0.830. The highest BCUT2D eigenvalue weighted by molar-refractivity contribution is 5.98. The number of hydrogen-bond acceptors (Lipinski definition) is 11. The van der Waals surface area contributed by atoms with Crippen LogP contribution in [0.2, 0.25) is 0 Å². The Kier molecular flexibility index (Phi) is 5.23. The highest BCUT2D eigenvalue weighted by Crippen LogP contribution is 2.36. The second-order valence-electron chi connectivity index (χ2n) is 7.10. The fourth-order valence-electron chi connectivity index (χ4n) is 3.23. The maximum Gasteiger partial charge on any atom is 0.273 e. The van der Waals surface area contributed by atoms with E-state index in [1.54, 1.807) is 32.3 Å². The van der Waals surface area contributed by atoms with Crippen LogP contribution in [0.15, 0.2) is 30.6 Å². The van der Waals surface area contributed by atoms with E-state index >= 15 is 0 Å². The largest absolute Gasteiger partial charge is 0.492 e. The third-order valence-corrected chi connectivity index (χ3v) is 4.58. The van der Waals surface area contributed by atoms with E-state index in [-0.39, 0.29) is 23.0 Å². The minimum absolute atomic E-state index is 0.115. The second-order valence-corrected chi connectivity index (χ2v) is 7.10. The Morgan fingerprint density at radius 3 is 2.71 bits per heavy atom. The van der Waals surface area contributed by atoms with Gasteiger partial charge in [0.15, 0.2) is 23.1 Å². The van der Waals surface area contributed by atoms with Crippen LogP contribution in [0.4, 0.5) is 23.1 Å². The van der Waals surface area contributed by atoms with Crippen molar-refractivity contribution >= 4 is 29.0 Å². The van der Waals surface area contributed by atoms with E-state index in [1.807, 2.05) is 12.2 Å². The molecule has 13 nitrogen and oxygen atoms in total. The number of aromatic nitrogens is 8. The van der Waals surface area contributed by atoms with Crippen molar-refractivity contribution in [3.8, 4) is 17.0 Å². The van der Waals surface area contributed by atoms with Crippen LogP contribution in [0.1, 0.15) is 26.1 Å². The molecule has 0 bridgehead atoms. The average Bonchev–Trinajstić information content (AvgIpc) is 3.23. The van der Waals surface area contributed by atoms with E-state index in [9.17, 15) is 4.79 Å². The van der Waals surface area contributed by atoms with Crippen LogP contribution in [0.5, 0.6) is 5.75 Å². The van der Waals surface area contributed by atoms with Gasteiger partial charge in [-0.05, 0) is 19.9 Å². The molecule has 174 valence electrons. The van der Waals surface area contributed by atoms with Crippen LogP contribution < -0.4 is 20.7 Å². The van der Waals surface area contributed by atoms with E-state index in [0.29, 0.717) is 28.6 Å². The third-order valence-electron chi connectivity index (χ3n) is 4.58. The maximum absolute atomic E-state index is 12.7. The summed E-state index contributed by atoms with van der Waals surface area (Å²) in [5.41, 5.74) is 1.71. The van der Waals surface area contributed by atoms with Crippen LogP contribution >= 0.6 is 0 Å². The van der Waals surface area contributed by atoms with Crippen molar-refractivity contribution in [1.29, 1.82) is 0 Å². The van der Waals surface area contributed by atoms with Crippen molar-refractivity contribution in [3.05, 3.63) is 47.8 Å². The lowest BCUT2D eigenvalue weighted by Crippen LogP contribution is -2.21. The van der Waals surface area contributed by atoms with E-state index in [2.05, 4.69) is 46.0 Å². The minimum atomic E-state index is -2.73. The fourth-order valence-corrected chi connectivity index (χ4v) is 3.23. The third kappa shape index (κ3) is 4.72. The smallest absolute Gasteiger partial charge is 0.273 e. The van der Waals surface area contributed by atoms with Crippen LogP contribution in [-0.2, 0) is 7.05 Å². The molecule has 0 fully saturated rings. The Morgan fingerprint density at radius 2 is 2.00 bits per heavy atom. The van der Waals surface area contributed by atoms with Crippen molar-refractivity contribution in [2.75, 3.05) is 24.7 Å². The number of nitrogens with one attached hydrogen (secondary N) is 3. The number of methoxy groups -OCH3 is 1. The van der Waals surface area contributed by atoms with Gasteiger partial charge in [-0.1, -0.05) is 0 Å². The number of aryl methyl sites for hydroxylation is 3. The highest BCUT2D eigenvalue weighted by atomic mass is 16.5. The Labute approximate surface area is 199 Å². The van der Waals surface area contributed by atoms with E-state index < -0.39 is 12.9 Å². The number of carbonyl (C=O) groups excluding carboxylic acids is 1. The summed E-state index contributed by atoms with van der Waals surface area (Å²) in [7, 11) is 3.14. The average molecular weight is 465 g/mol. The lowest BCUT2D eigenvalue weighted by Gasteiger charge is -2.15. The molecule has 0 aliphatic rings. The van der Waals surface area contributed by atoms with Gasteiger partial charge in [0.2, 0.25) is 0 Å². The monoisotopic (exact) mass is 464 g/mol. The summed E-state index contributed by atoms with van der Waals surface area (Å²) >= 11 is 0. The van der Waals surface area contributed by atoms with E-state index in [0.717, 1.165) is 5.69 Å². The van der Waals surface area contributed by atoms with Gasteiger partial charge >= 0.3 is 0 Å². The quantitative estimate of drug-likeness (QED) is 0.367. The second kappa shape index (κ2) is 9.44. The van der Waals surface area contributed by atoms with Gasteiger partial charge in [0.05, 0.1) is 24.6 Å². The van der Waals surface area contributed by atoms with E-state index in [4.69, 9.17) is 8.85 Å². The molecule has 4 rings (SSSR count). The first-order chi connectivity index (χ1) is 17.5. The maximum atomic E-state index is 12.7. The Bertz CT molecular complexity index is 1440. The van der Waals surface area contributed by atoms with Gasteiger partial charge in [-0.25, -0.2) is 15.0 Å². The standard InChI is InChI=1S/C21H23N11O2/c1-11-8-16(26-12(2)25-11)28-17-9-14(18(30-29-17)21(33)22-3)27-20-19(34-5)13(6-7-23-20)15-10-24-32(4)31-15/h6-10H,1-5H3,(H,22,33)(H2,23,25,26,27,28,29)/i3D3. The molecule has 0 saturated carbocycles. The summed E-state index contributed by atoms with van der Waals surface area (Å²) in [6.07, 6.45) is 3.09. The fraction of sp³-hybridized carbons (Fsp3) is 0.238. The number of rotatable bonds is 7. The molecule has 34 heavy (non-hydrogen) atoms. The predicted molar refractivity (Wildman–Crippen MR) is 124 cm³/mol.